The van der Waals surface area contributed by atoms with Crippen molar-refractivity contribution in [1.29, 1.82) is 0 Å². The van der Waals surface area contributed by atoms with Crippen molar-refractivity contribution < 1.29 is 4.79 Å². The Morgan fingerprint density at radius 2 is 2.00 bits per heavy atom. The van der Waals surface area contributed by atoms with Crippen LogP contribution in [0.5, 0.6) is 0 Å². The Morgan fingerprint density at radius 3 is 2.53 bits per heavy atom. The first-order valence-electron chi connectivity index (χ1n) is 5.97. The summed E-state index contributed by atoms with van der Waals surface area (Å²) in [7, 11) is 0. The molecule has 0 spiro atoms. The molecule has 1 saturated carbocycles. The summed E-state index contributed by atoms with van der Waals surface area (Å²) in [6, 6.07) is 0.500. The fourth-order valence-electron chi connectivity index (χ4n) is 1.36. The topological polar surface area (TPSA) is 41.1 Å². The van der Waals surface area contributed by atoms with Gasteiger partial charge in [-0.1, -0.05) is 20.8 Å². The third-order valence-electron chi connectivity index (χ3n) is 2.36. The molecule has 3 nitrogen and oxygen atoms in total. The van der Waals surface area contributed by atoms with Gasteiger partial charge in [0, 0.05) is 12.5 Å². The van der Waals surface area contributed by atoms with Crippen molar-refractivity contribution in [2.75, 3.05) is 13.1 Å². The summed E-state index contributed by atoms with van der Waals surface area (Å²) in [6.45, 7) is 8.58. The zero-order valence-electron chi connectivity index (χ0n) is 10.2. The fraction of sp³-hybridized carbons (Fsp3) is 0.917. The van der Waals surface area contributed by atoms with Gasteiger partial charge in [0.25, 0.3) is 0 Å². The first kappa shape index (κ1) is 12.5. The lowest BCUT2D eigenvalue weighted by Crippen LogP contribution is -2.29. The van der Waals surface area contributed by atoms with E-state index in [9.17, 15) is 4.79 Å². The number of rotatable bonds is 6. The van der Waals surface area contributed by atoms with Crippen molar-refractivity contribution in [3.63, 3.8) is 0 Å². The van der Waals surface area contributed by atoms with Gasteiger partial charge in [-0.05, 0) is 37.8 Å². The number of hydrogen-bond acceptors (Lipinski definition) is 2. The number of carbonyl (C=O) groups excluding carboxylic acids is 1. The molecule has 1 aliphatic rings. The summed E-state index contributed by atoms with van der Waals surface area (Å²) in [5.41, 5.74) is 0.330. The van der Waals surface area contributed by atoms with Gasteiger partial charge in [-0.15, -0.1) is 0 Å². The van der Waals surface area contributed by atoms with E-state index in [1.54, 1.807) is 0 Å². The molecule has 0 aromatic carbocycles. The van der Waals surface area contributed by atoms with E-state index in [1.165, 1.54) is 12.8 Å². The highest BCUT2D eigenvalue weighted by atomic mass is 16.1. The monoisotopic (exact) mass is 212 g/mol. The van der Waals surface area contributed by atoms with E-state index in [1.807, 2.05) is 0 Å². The van der Waals surface area contributed by atoms with Crippen LogP contribution in [-0.4, -0.2) is 25.0 Å². The molecule has 1 fully saturated rings. The standard InChI is InChI=1S/C12H24N2O/c1-12(2,3)9-13-8-4-5-11(15)14-10-6-7-10/h10,13H,4-9H2,1-3H3,(H,14,15). The van der Waals surface area contributed by atoms with Crippen molar-refractivity contribution in [3.05, 3.63) is 0 Å². The van der Waals surface area contributed by atoms with Crippen LogP contribution in [0.3, 0.4) is 0 Å². The van der Waals surface area contributed by atoms with Crippen molar-refractivity contribution in [3.8, 4) is 0 Å². The molecule has 0 atom stereocenters. The Balaban J connectivity index is 1.89. The van der Waals surface area contributed by atoms with E-state index in [4.69, 9.17) is 0 Å². The van der Waals surface area contributed by atoms with E-state index in [0.717, 1.165) is 19.5 Å². The summed E-state index contributed by atoms with van der Waals surface area (Å²) >= 11 is 0. The SMILES string of the molecule is CC(C)(C)CNCCCC(=O)NC1CC1. The van der Waals surface area contributed by atoms with Gasteiger partial charge in [0.05, 0.1) is 0 Å². The Bertz CT molecular complexity index is 204. The maximum absolute atomic E-state index is 11.3. The molecule has 88 valence electrons. The highest BCUT2D eigenvalue weighted by Gasteiger charge is 2.22. The van der Waals surface area contributed by atoms with Gasteiger partial charge in [0.1, 0.15) is 0 Å². The van der Waals surface area contributed by atoms with E-state index >= 15 is 0 Å². The third-order valence-corrected chi connectivity index (χ3v) is 2.36. The van der Waals surface area contributed by atoms with Crippen LogP contribution in [0.2, 0.25) is 0 Å². The first-order chi connectivity index (χ1) is 6.97. The van der Waals surface area contributed by atoms with Gasteiger partial charge < -0.3 is 10.6 Å². The van der Waals surface area contributed by atoms with Crippen molar-refractivity contribution in [2.45, 2.75) is 52.5 Å². The van der Waals surface area contributed by atoms with Gasteiger partial charge in [0.15, 0.2) is 0 Å². The molecule has 1 amide bonds. The number of carbonyl (C=O) groups is 1. The minimum Gasteiger partial charge on any atom is -0.353 e. The molecule has 0 heterocycles. The molecule has 0 bridgehead atoms. The van der Waals surface area contributed by atoms with Gasteiger partial charge in [-0.3, -0.25) is 4.79 Å². The summed E-state index contributed by atoms with van der Waals surface area (Å²) in [4.78, 5) is 11.3. The van der Waals surface area contributed by atoms with Gasteiger partial charge in [-0.25, -0.2) is 0 Å². The minimum absolute atomic E-state index is 0.218. The van der Waals surface area contributed by atoms with Crippen LogP contribution in [0.4, 0.5) is 0 Å². The van der Waals surface area contributed by atoms with Crippen LogP contribution in [-0.2, 0) is 4.79 Å². The van der Waals surface area contributed by atoms with E-state index in [-0.39, 0.29) is 5.91 Å². The summed E-state index contributed by atoms with van der Waals surface area (Å²) in [5.74, 6) is 0.218. The number of hydrogen-bond donors (Lipinski definition) is 2. The Labute approximate surface area is 93.0 Å². The third kappa shape index (κ3) is 7.37. The number of nitrogens with one attached hydrogen (secondary N) is 2. The Hall–Kier alpha value is -0.570. The maximum atomic E-state index is 11.3. The van der Waals surface area contributed by atoms with Gasteiger partial charge >= 0.3 is 0 Å². The van der Waals surface area contributed by atoms with Crippen LogP contribution < -0.4 is 10.6 Å². The highest BCUT2D eigenvalue weighted by Crippen LogP contribution is 2.18. The van der Waals surface area contributed by atoms with Crippen LogP contribution >= 0.6 is 0 Å². The van der Waals surface area contributed by atoms with Gasteiger partial charge in [0.2, 0.25) is 5.91 Å². The van der Waals surface area contributed by atoms with Crippen molar-refractivity contribution in [2.24, 2.45) is 5.41 Å². The van der Waals surface area contributed by atoms with Crippen LogP contribution in [0.15, 0.2) is 0 Å². The second-order valence-corrected chi connectivity index (χ2v) is 5.68. The largest absolute Gasteiger partial charge is 0.353 e. The first-order valence-corrected chi connectivity index (χ1v) is 5.97. The van der Waals surface area contributed by atoms with Crippen molar-refractivity contribution in [1.82, 2.24) is 10.6 Å². The number of amides is 1. The highest BCUT2D eigenvalue weighted by molar-refractivity contribution is 5.76. The molecule has 0 aromatic heterocycles. The Morgan fingerprint density at radius 1 is 1.33 bits per heavy atom. The quantitative estimate of drug-likeness (QED) is 0.658. The van der Waals surface area contributed by atoms with Gasteiger partial charge in [-0.2, -0.15) is 0 Å². The molecule has 1 rings (SSSR count). The molecule has 3 heteroatoms. The second kappa shape index (κ2) is 5.50. The predicted octanol–water partition coefficient (Wildman–Crippen LogP) is 1.68. The van der Waals surface area contributed by atoms with Crippen LogP contribution in [0.25, 0.3) is 0 Å². The summed E-state index contributed by atoms with van der Waals surface area (Å²) in [6.07, 6.45) is 3.95. The molecule has 15 heavy (non-hydrogen) atoms. The summed E-state index contributed by atoms with van der Waals surface area (Å²) in [5, 5.41) is 6.36. The molecular weight excluding hydrogens is 188 g/mol. The maximum Gasteiger partial charge on any atom is 0.220 e. The normalized spacial score (nSPS) is 16.5. The fourth-order valence-corrected chi connectivity index (χ4v) is 1.36. The molecule has 0 saturated heterocycles. The van der Waals surface area contributed by atoms with Crippen molar-refractivity contribution >= 4 is 5.91 Å². The van der Waals surface area contributed by atoms with Crippen LogP contribution in [0, 0.1) is 5.41 Å². The van der Waals surface area contributed by atoms with Crippen LogP contribution in [0.1, 0.15) is 46.5 Å². The average molecular weight is 212 g/mol. The molecular formula is C12H24N2O. The smallest absolute Gasteiger partial charge is 0.220 e. The lowest BCUT2D eigenvalue weighted by molar-refractivity contribution is -0.121. The van der Waals surface area contributed by atoms with E-state index in [0.29, 0.717) is 17.9 Å². The molecule has 0 aliphatic heterocycles. The second-order valence-electron chi connectivity index (χ2n) is 5.68. The zero-order chi connectivity index (χ0) is 11.3. The minimum atomic E-state index is 0.218. The Kier molecular flexibility index (Phi) is 4.58. The molecule has 2 N–H and O–H groups in total. The molecule has 0 unspecified atom stereocenters. The van der Waals surface area contributed by atoms with E-state index in [2.05, 4.69) is 31.4 Å². The predicted molar refractivity (Wildman–Crippen MR) is 62.7 cm³/mol. The summed E-state index contributed by atoms with van der Waals surface area (Å²) < 4.78 is 0. The average Bonchev–Trinajstić information content (AvgIpc) is 2.85. The molecule has 0 aromatic rings. The lowest BCUT2D eigenvalue weighted by atomic mass is 9.97. The lowest BCUT2D eigenvalue weighted by Gasteiger charge is -2.18. The van der Waals surface area contributed by atoms with E-state index < -0.39 is 0 Å². The molecule has 0 radical (unpaired) electrons. The molecule has 1 aliphatic carbocycles. The zero-order valence-corrected chi connectivity index (χ0v) is 10.2.